The van der Waals surface area contributed by atoms with Gasteiger partial charge in [-0.3, -0.25) is 10.0 Å². The minimum absolute atomic E-state index is 0.223. The smallest absolute Gasteiger partial charge is 0.261 e. The number of amidine groups is 1. The number of anilines is 1. The first-order valence-electron chi connectivity index (χ1n) is 10.5. The van der Waals surface area contributed by atoms with E-state index in [0.717, 1.165) is 34.3 Å². The van der Waals surface area contributed by atoms with Crippen LogP contribution in [0.25, 0.3) is 0 Å². The molecule has 0 atom stereocenters. The minimum atomic E-state index is -3.64. The minimum Gasteiger partial charge on any atom is -0.457 e. The fraction of sp³-hybridized carbons (Fsp3) is 0.0385. The van der Waals surface area contributed by atoms with Gasteiger partial charge < -0.3 is 4.74 Å². The first kappa shape index (κ1) is 20.9. The average Bonchev–Trinajstić information content (AvgIpc) is 3.23. The fourth-order valence-electron chi connectivity index (χ4n) is 3.61. The van der Waals surface area contributed by atoms with Gasteiger partial charge in [0.1, 0.15) is 17.2 Å². The highest BCUT2D eigenvalue weighted by Crippen LogP contribution is 2.29. The Hall–Kier alpha value is -3.94. The summed E-state index contributed by atoms with van der Waals surface area (Å²) in [6.45, 7) is 0. The van der Waals surface area contributed by atoms with Gasteiger partial charge >= 0.3 is 0 Å². The molecule has 0 spiro atoms. The molecule has 0 bridgehead atoms. The van der Waals surface area contributed by atoms with Crippen LogP contribution in [0.4, 0.5) is 17.1 Å². The van der Waals surface area contributed by atoms with Gasteiger partial charge in [0.25, 0.3) is 10.0 Å². The number of nitrogens with two attached hydrogens (primary N) is 1. The highest BCUT2D eigenvalue weighted by molar-refractivity contribution is 7.92. The van der Waals surface area contributed by atoms with Crippen LogP contribution >= 0.6 is 0 Å². The maximum absolute atomic E-state index is 12.6. The molecule has 164 valence electrons. The number of ether oxygens (including phenoxy) is 1. The molecule has 4 aromatic carbocycles. The van der Waals surface area contributed by atoms with Crippen molar-refractivity contribution in [2.45, 2.75) is 11.3 Å². The maximum Gasteiger partial charge on any atom is 0.261 e. The van der Waals surface area contributed by atoms with Crippen molar-refractivity contribution in [2.24, 2.45) is 4.99 Å². The number of benzene rings is 4. The third-order valence-corrected chi connectivity index (χ3v) is 6.61. The van der Waals surface area contributed by atoms with Gasteiger partial charge in [-0.15, -0.1) is 0 Å². The van der Waals surface area contributed by atoms with Crippen LogP contribution in [0, 0.1) is 0 Å². The summed E-state index contributed by atoms with van der Waals surface area (Å²) in [7, 11) is -3.64. The molecule has 6 nitrogen and oxygen atoms in total. The lowest BCUT2D eigenvalue weighted by Crippen LogP contribution is -2.81. The van der Waals surface area contributed by atoms with E-state index >= 15 is 0 Å². The molecule has 0 saturated carbocycles. The lowest BCUT2D eigenvalue weighted by atomic mass is 10.1. The van der Waals surface area contributed by atoms with Gasteiger partial charge in [-0.05, 0) is 54.1 Å². The van der Waals surface area contributed by atoms with Gasteiger partial charge in [0.2, 0.25) is 5.84 Å². The molecule has 3 N–H and O–H groups in total. The SMILES string of the molecule is O=S(=O)(Nc1ccc2c(c1)N=C(Cc1ccc(Oc3ccccc3)cc1)[NH2+]2)c1ccccc1. The Kier molecular flexibility index (Phi) is 5.64. The van der Waals surface area contributed by atoms with E-state index in [1.165, 1.54) is 0 Å². The quantitative estimate of drug-likeness (QED) is 0.393. The number of fused-ring (bicyclic) bond motifs is 1. The van der Waals surface area contributed by atoms with E-state index in [-0.39, 0.29) is 4.90 Å². The van der Waals surface area contributed by atoms with Crippen molar-refractivity contribution in [2.75, 3.05) is 4.72 Å². The zero-order valence-electron chi connectivity index (χ0n) is 17.7. The number of quaternary nitrogens is 1. The van der Waals surface area contributed by atoms with Crippen LogP contribution in [-0.4, -0.2) is 14.3 Å². The summed E-state index contributed by atoms with van der Waals surface area (Å²) < 4.78 is 33.6. The van der Waals surface area contributed by atoms with E-state index in [0.29, 0.717) is 12.1 Å². The van der Waals surface area contributed by atoms with E-state index in [9.17, 15) is 8.42 Å². The Morgan fingerprint density at radius 3 is 2.18 bits per heavy atom. The Balaban J connectivity index is 1.26. The molecule has 0 aliphatic carbocycles. The molecular formula is C26H22N3O3S+. The molecule has 0 aromatic heterocycles. The summed E-state index contributed by atoms with van der Waals surface area (Å²) in [4.78, 5) is 4.92. The zero-order chi connectivity index (χ0) is 22.7. The predicted octanol–water partition coefficient (Wildman–Crippen LogP) is 4.76. The average molecular weight is 457 g/mol. The maximum atomic E-state index is 12.6. The van der Waals surface area contributed by atoms with Crippen LogP contribution in [0.15, 0.2) is 113 Å². The molecule has 7 heteroatoms. The monoisotopic (exact) mass is 456 g/mol. The van der Waals surface area contributed by atoms with Crippen molar-refractivity contribution in [3.05, 3.63) is 109 Å². The van der Waals surface area contributed by atoms with E-state index < -0.39 is 10.0 Å². The molecule has 1 aliphatic rings. The van der Waals surface area contributed by atoms with Crippen molar-refractivity contribution >= 4 is 32.9 Å². The number of sulfonamides is 1. The Morgan fingerprint density at radius 1 is 0.788 bits per heavy atom. The molecule has 0 radical (unpaired) electrons. The fourth-order valence-corrected chi connectivity index (χ4v) is 4.68. The van der Waals surface area contributed by atoms with Gasteiger partial charge in [-0.25, -0.2) is 8.42 Å². The number of nitrogens with zero attached hydrogens (tertiary/aromatic N) is 1. The van der Waals surface area contributed by atoms with Gasteiger partial charge in [0.05, 0.1) is 17.0 Å². The summed E-state index contributed by atoms with van der Waals surface area (Å²) in [5.41, 5.74) is 3.32. The number of para-hydroxylation sites is 1. The summed E-state index contributed by atoms with van der Waals surface area (Å²) in [5, 5.41) is 2.03. The lowest BCUT2D eigenvalue weighted by molar-refractivity contribution is -0.440. The molecule has 4 aromatic rings. The largest absolute Gasteiger partial charge is 0.457 e. The first-order valence-corrected chi connectivity index (χ1v) is 12.0. The number of rotatable bonds is 7. The second kappa shape index (κ2) is 8.90. The van der Waals surface area contributed by atoms with Crippen molar-refractivity contribution in [3.8, 4) is 11.5 Å². The van der Waals surface area contributed by atoms with Crippen molar-refractivity contribution < 1.29 is 18.5 Å². The topological polar surface area (TPSA) is 84.4 Å². The third-order valence-electron chi connectivity index (χ3n) is 5.21. The van der Waals surface area contributed by atoms with Crippen LogP contribution in [0.1, 0.15) is 5.56 Å². The molecule has 0 amide bonds. The highest BCUT2D eigenvalue weighted by atomic mass is 32.2. The van der Waals surface area contributed by atoms with Crippen molar-refractivity contribution in [3.63, 3.8) is 0 Å². The van der Waals surface area contributed by atoms with E-state index in [2.05, 4.69) is 4.72 Å². The molecule has 0 fully saturated rings. The summed E-state index contributed by atoms with van der Waals surface area (Å²) >= 11 is 0. The van der Waals surface area contributed by atoms with E-state index in [4.69, 9.17) is 9.73 Å². The van der Waals surface area contributed by atoms with Gasteiger partial charge in [0, 0.05) is 6.07 Å². The second-order valence-electron chi connectivity index (χ2n) is 7.68. The summed E-state index contributed by atoms with van der Waals surface area (Å²) in [5.74, 6) is 2.50. The standard InChI is InChI=1S/C26H21N3O3S/c30-33(31,23-9-5-2-6-10-23)29-20-13-16-24-25(18-20)28-26(27-24)17-19-11-14-22(15-12-19)32-21-7-3-1-4-8-21/h1-16,18,29H,17H2,(H,27,28)/p+1. The Morgan fingerprint density at radius 2 is 1.45 bits per heavy atom. The number of nitrogens with one attached hydrogen (secondary N) is 1. The molecule has 1 heterocycles. The zero-order valence-corrected chi connectivity index (χ0v) is 18.5. The van der Waals surface area contributed by atoms with Crippen molar-refractivity contribution in [1.29, 1.82) is 0 Å². The van der Waals surface area contributed by atoms with Crippen molar-refractivity contribution in [1.82, 2.24) is 0 Å². The number of hydrogen-bond donors (Lipinski definition) is 2. The van der Waals surface area contributed by atoms with Crippen LogP contribution in [0.5, 0.6) is 11.5 Å². The first-order chi connectivity index (χ1) is 16.0. The molecule has 5 rings (SSSR count). The lowest BCUT2D eigenvalue weighted by Gasteiger charge is -2.08. The Labute approximate surface area is 192 Å². The van der Waals surface area contributed by atoms with E-state index in [1.54, 1.807) is 42.5 Å². The number of hydrogen-bond acceptors (Lipinski definition) is 4. The third kappa shape index (κ3) is 4.95. The molecule has 1 aliphatic heterocycles. The summed E-state index contributed by atoms with van der Waals surface area (Å²) in [6, 6.07) is 31.3. The van der Waals surface area contributed by atoms with Crippen LogP contribution in [0.2, 0.25) is 0 Å². The molecule has 0 unspecified atom stereocenters. The Bertz CT molecular complexity index is 1400. The van der Waals surface area contributed by atoms with Gasteiger partial charge in [-0.2, -0.15) is 4.99 Å². The van der Waals surface area contributed by atoms with Crippen LogP contribution in [0.3, 0.4) is 0 Å². The second-order valence-corrected chi connectivity index (χ2v) is 9.36. The normalized spacial score (nSPS) is 12.7. The summed E-state index contributed by atoms with van der Waals surface area (Å²) in [6.07, 6.45) is 0.672. The van der Waals surface area contributed by atoms with Gasteiger partial charge in [-0.1, -0.05) is 48.5 Å². The molecular weight excluding hydrogens is 434 g/mol. The predicted molar refractivity (Wildman–Crippen MR) is 129 cm³/mol. The molecule has 33 heavy (non-hydrogen) atoms. The van der Waals surface area contributed by atoms with Crippen LogP contribution < -0.4 is 14.8 Å². The number of aliphatic imine (C=N–C) groups is 1. The van der Waals surface area contributed by atoms with E-state index in [1.807, 2.05) is 66.0 Å². The molecule has 0 saturated heterocycles. The van der Waals surface area contributed by atoms with Crippen LogP contribution in [-0.2, 0) is 16.4 Å². The van der Waals surface area contributed by atoms with Gasteiger partial charge in [0.15, 0.2) is 5.69 Å². The highest BCUT2D eigenvalue weighted by Gasteiger charge is 2.21.